The van der Waals surface area contributed by atoms with Crippen LogP contribution in [0.2, 0.25) is 0 Å². The van der Waals surface area contributed by atoms with Crippen LogP contribution in [0, 0.1) is 0 Å². The highest BCUT2D eigenvalue weighted by molar-refractivity contribution is 5.79. The highest BCUT2D eigenvalue weighted by atomic mass is 16.5. The second-order valence-electron chi connectivity index (χ2n) is 6.50. The van der Waals surface area contributed by atoms with Crippen LogP contribution in [0.3, 0.4) is 0 Å². The van der Waals surface area contributed by atoms with E-state index < -0.39 is 0 Å². The molecule has 0 bridgehead atoms. The van der Waals surface area contributed by atoms with Gasteiger partial charge < -0.3 is 10.1 Å². The first kappa shape index (κ1) is 14.3. The molecule has 2 aliphatic rings. The van der Waals surface area contributed by atoms with E-state index in [0.717, 1.165) is 25.1 Å². The molecule has 23 heavy (non-hydrogen) atoms. The lowest BCUT2D eigenvalue weighted by Gasteiger charge is -2.19. The molecule has 2 aromatic carbocycles. The van der Waals surface area contributed by atoms with Crippen molar-refractivity contribution in [1.82, 2.24) is 5.32 Å². The third-order valence-corrected chi connectivity index (χ3v) is 5.21. The zero-order valence-electron chi connectivity index (χ0n) is 13.3. The zero-order valence-corrected chi connectivity index (χ0v) is 13.3. The number of ether oxygens (including phenoxy) is 1. The Balaban J connectivity index is 1.74. The summed E-state index contributed by atoms with van der Waals surface area (Å²) in [6, 6.07) is 15.1. The molecule has 1 N–H and O–H groups in total. The second-order valence-corrected chi connectivity index (χ2v) is 6.50. The summed E-state index contributed by atoms with van der Waals surface area (Å²) in [6.45, 7) is 0.742. The Hall–Kier alpha value is -2.29. The number of aryl methyl sites for hydroxylation is 1. The molecule has 0 spiro atoms. The van der Waals surface area contributed by atoms with Gasteiger partial charge in [0.05, 0.1) is 7.11 Å². The lowest BCUT2D eigenvalue weighted by Crippen LogP contribution is -2.13. The van der Waals surface area contributed by atoms with Gasteiger partial charge in [0.2, 0.25) is 5.91 Å². The summed E-state index contributed by atoms with van der Waals surface area (Å²) in [7, 11) is 1.74. The minimum Gasteiger partial charge on any atom is -0.496 e. The number of carbonyl (C=O) groups is 1. The SMILES string of the molecule is COc1ccc(C2CNC(=O)C2)cc1C1CCc2ccccc21. The molecule has 4 rings (SSSR count). The van der Waals surface area contributed by atoms with E-state index in [1.165, 1.54) is 22.3 Å². The van der Waals surface area contributed by atoms with Crippen molar-refractivity contribution < 1.29 is 9.53 Å². The van der Waals surface area contributed by atoms with E-state index in [9.17, 15) is 4.79 Å². The van der Waals surface area contributed by atoms with Crippen LogP contribution in [0.25, 0.3) is 0 Å². The molecule has 1 amide bonds. The van der Waals surface area contributed by atoms with Crippen LogP contribution in [-0.2, 0) is 11.2 Å². The number of fused-ring (bicyclic) bond motifs is 1. The van der Waals surface area contributed by atoms with Gasteiger partial charge in [0.1, 0.15) is 5.75 Å². The maximum atomic E-state index is 11.5. The summed E-state index contributed by atoms with van der Waals surface area (Å²) in [5.74, 6) is 1.78. The Kier molecular flexibility index (Phi) is 3.56. The van der Waals surface area contributed by atoms with E-state index in [1.54, 1.807) is 7.11 Å². The molecule has 3 heteroatoms. The van der Waals surface area contributed by atoms with Crippen molar-refractivity contribution in [3.63, 3.8) is 0 Å². The molecular formula is C20H21NO2. The number of hydrogen-bond acceptors (Lipinski definition) is 2. The third-order valence-electron chi connectivity index (χ3n) is 5.21. The summed E-state index contributed by atoms with van der Waals surface area (Å²) in [4.78, 5) is 11.5. The predicted molar refractivity (Wildman–Crippen MR) is 90.0 cm³/mol. The van der Waals surface area contributed by atoms with Gasteiger partial charge in [-0.3, -0.25) is 4.79 Å². The smallest absolute Gasteiger partial charge is 0.220 e. The van der Waals surface area contributed by atoms with Gasteiger partial charge in [-0.05, 0) is 35.6 Å². The largest absolute Gasteiger partial charge is 0.496 e. The molecule has 1 heterocycles. The molecule has 0 radical (unpaired) electrons. The average Bonchev–Trinajstić information content (AvgIpc) is 3.20. The van der Waals surface area contributed by atoms with E-state index in [0.29, 0.717) is 12.3 Å². The standard InChI is InChI=1S/C20H21NO2/c1-23-19-9-7-14(15-11-20(22)21-12-15)10-18(19)17-8-6-13-4-2-3-5-16(13)17/h2-5,7,9-10,15,17H,6,8,11-12H2,1H3,(H,21,22). The maximum Gasteiger partial charge on any atom is 0.220 e. The Morgan fingerprint density at radius 1 is 1.13 bits per heavy atom. The van der Waals surface area contributed by atoms with Crippen LogP contribution in [-0.4, -0.2) is 19.6 Å². The first-order valence-electron chi connectivity index (χ1n) is 8.28. The van der Waals surface area contributed by atoms with Crippen molar-refractivity contribution in [3.8, 4) is 5.75 Å². The fraction of sp³-hybridized carbons (Fsp3) is 0.350. The maximum absolute atomic E-state index is 11.5. The highest BCUT2D eigenvalue weighted by Crippen LogP contribution is 2.42. The van der Waals surface area contributed by atoms with Crippen LogP contribution in [0.5, 0.6) is 5.75 Å². The summed E-state index contributed by atoms with van der Waals surface area (Å²) in [5.41, 5.74) is 5.36. The van der Waals surface area contributed by atoms with Crippen molar-refractivity contribution in [1.29, 1.82) is 0 Å². The highest BCUT2D eigenvalue weighted by Gasteiger charge is 2.28. The molecular weight excluding hydrogens is 286 g/mol. The number of benzene rings is 2. The van der Waals surface area contributed by atoms with Crippen LogP contribution in [0.1, 0.15) is 46.9 Å². The van der Waals surface area contributed by atoms with E-state index in [1.807, 2.05) is 0 Å². The normalized spacial score (nSPS) is 22.7. The lowest BCUT2D eigenvalue weighted by molar-refractivity contribution is -0.119. The quantitative estimate of drug-likeness (QED) is 0.944. The van der Waals surface area contributed by atoms with Gasteiger partial charge in [-0.2, -0.15) is 0 Å². The number of hydrogen-bond donors (Lipinski definition) is 1. The molecule has 1 fully saturated rings. The molecule has 3 nitrogen and oxygen atoms in total. The van der Waals surface area contributed by atoms with Gasteiger partial charge in [0.25, 0.3) is 0 Å². The van der Waals surface area contributed by atoms with Gasteiger partial charge in [-0.1, -0.05) is 36.4 Å². The fourth-order valence-corrected chi connectivity index (χ4v) is 4.00. The molecule has 2 aromatic rings. The fourth-order valence-electron chi connectivity index (χ4n) is 4.00. The Morgan fingerprint density at radius 2 is 2.00 bits per heavy atom. The molecule has 2 atom stereocenters. The molecule has 0 saturated carbocycles. The summed E-state index contributed by atoms with van der Waals surface area (Å²) >= 11 is 0. The topological polar surface area (TPSA) is 38.3 Å². The Labute approximate surface area is 136 Å². The molecule has 118 valence electrons. The number of methoxy groups -OCH3 is 1. The van der Waals surface area contributed by atoms with Gasteiger partial charge in [-0.15, -0.1) is 0 Å². The molecule has 1 aliphatic heterocycles. The first-order valence-corrected chi connectivity index (χ1v) is 8.28. The lowest BCUT2D eigenvalue weighted by atomic mass is 9.88. The van der Waals surface area contributed by atoms with Gasteiger partial charge in [-0.25, -0.2) is 0 Å². The molecule has 2 unspecified atom stereocenters. The zero-order chi connectivity index (χ0) is 15.8. The van der Waals surface area contributed by atoms with Gasteiger partial charge in [0.15, 0.2) is 0 Å². The number of nitrogens with one attached hydrogen (secondary N) is 1. The van der Waals surface area contributed by atoms with Gasteiger partial charge in [0, 0.05) is 30.4 Å². The van der Waals surface area contributed by atoms with Crippen molar-refractivity contribution in [2.75, 3.05) is 13.7 Å². The average molecular weight is 307 g/mol. The first-order chi connectivity index (χ1) is 11.3. The minimum atomic E-state index is 0.151. The van der Waals surface area contributed by atoms with Crippen molar-refractivity contribution in [2.45, 2.75) is 31.1 Å². The summed E-state index contributed by atoms with van der Waals surface area (Å²) in [5, 5.41) is 2.93. The van der Waals surface area contributed by atoms with Gasteiger partial charge >= 0.3 is 0 Å². The monoisotopic (exact) mass is 307 g/mol. The number of amides is 1. The van der Waals surface area contributed by atoms with E-state index >= 15 is 0 Å². The molecule has 0 aromatic heterocycles. The van der Waals surface area contributed by atoms with Crippen molar-refractivity contribution in [2.24, 2.45) is 0 Å². The van der Waals surface area contributed by atoms with Crippen LogP contribution < -0.4 is 10.1 Å². The van der Waals surface area contributed by atoms with Crippen LogP contribution >= 0.6 is 0 Å². The van der Waals surface area contributed by atoms with E-state index in [4.69, 9.17) is 4.74 Å². The molecule has 1 saturated heterocycles. The minimum absolute atomic E-state index is 0.151. The van der Waals surface area contributed by atoms with Crippen molar-refractivity contribution in [3.05, 3.63) is 64.7 Å². The summed E-state index contributed by atoms with van der Waals surface area (Å²) < 4.78 is 5.63. The third kappa shape index (κ3) is 2.50. The Morgan fingerprint density at radius 3 is 2.78 bits per heavy atom. The number of carbonyl (C=O) groups excluding carboxylic acids is 1. The number of rotatable bonds is 3. The van der Waals surface area contributed by atoms with E-state index in [-0.39, 0.29) is 11.8 Å². The second kappa shape index (κ2) is 5.73. The van der Waals surface area contributed by atoms with E-state index in [2.05, 4.69) is 47.8 Å². The summed E-state index contributed by atoms with van der Waals surface area (Å²) in [6.07, 6.45) is 2.84. The molecule has 1 aliphatic carbocycles. The van der Waals surface area contributed by atoms with Crippen LogP contribution in [0.4, 0.5) is 0 Å². The van der Waals surface area contributed by atoms with Crippen molar-refractivity contribution >= 4 is 5.91 Å². The Bertz CT molecular complexity index is 753. The van der Waals surface area contributed by atoms with Crippen LogP contribution in [0.15, 0.2) is 42.5 Å². The predicted octanol–water partition coefficient (Wildman–Crippen LogP) is 3.38.